The molecule has 0 bridgehead atoms. The molecule has 0 aliphatic rings. The molecule has 2 amide bonds. The maximum atomic E-state index is 14.5. The molecular weight excluding hydrogens is 679 g/mol. The predicted molar refractivity (Wildman–Crippen MR) is 185 cm³/mol. The highest BCUT2D eigenvalue weighted by Gasteiger charge is 2.35. The SMILES string of the molecule is CCNC(=O)[C@@H](Cc1ccccc1)N(Cc1ccc(Cl)cc1Cl)C(=O)CN(c1ccc(OC)cc1)S(=O)(=O)c1ccc(C)c([N+](=O)[O-])c1. The summed E-state index contributed by atoms with van der Waals surface area (Å²) in [5.74, 6) is -0.742. The number of carbonyl (C=O) groups is 2. The summed E-state index contributed by atoms with van der Waals surface area (Å²) in [4.78, 5) is 40.1. The zero-order chi connectivity index (χ0) is 35.0. The Morgan fingerprint density at radius 2 is 1.67 bits per heavy atom. The number of halogens is 2. The molecule has 48 heavy (non-hydrogen) atoms. The molecule has 4 aromatic rings. The Labute approximate surface area is 289 Å². The number of anilines is 1. The molecule has 0 spiro atoms. The molecule has 0 unspecified atom stereocenters. The van der Waals surface area contributed by atoms with Gasteiger partial charge in [-0.3, -0.25) is 24.0 Å². The number of methoxy groups -OCH3 is 1. The van der Waals surface area contributed by atoms with Gasteiger partial charge < -0.3 is 15.0 Å². The predicted octanol–water partition coefficient (Wildman–Crippen LogP) is 6.19. The molecular formula is C34H34Cl2N4O7S. The van der Waals surface area contributed by atoms with Crippen molar-refractivity contribution in [1.29, 1.82) is 0 Å². The second-order valence-electron chi connectivity index (χ2n) is 10.8. The van der Waals surface area contributed by atoms with Crippen molar-refractivity contribution in [3.63, 3.8) is 0 Å². The number of benzene rings is 4. The monoisotopic (exact) mass is 712 g/mol. The van der Waals surface area contributed by atoms with Crippen LogP contribution in [0, 0.1) is 17.0 Å². The number of sulfonamides is 1. The lowest BCUT2D eigenvalue weighted by atomic mass is 10.0. The van der Waals surface area contributed by atoms with E-state index in [2.05, 4.69) is 5.32 Å². The van der Waals surface area contributed by atoms with Gasteiger partial charge in [-0.25, -0.2) is 8.42 Å². The maximum absolute atomic E-state index is 14.5. The van der Waals surface area contributed by atoms with Crippen LogP contribution in [0.4, 0.5) is 11.4 Å². The van der Waals surface area contributed by atoms with Crippen LogP contribution in [-0.4, -0.2) is 56.3 Å². The topological polar surface area (TPSA) is 139 Å². The molecule has 0 fully saturated rings. The lowest BCUT2D eigenvalue weighted by Crippen LogP contribution is -2.53. The lowest BCUT2D eigenvalue weighted by molar-refractivity contribution is -0.385. The third-order valence-corrected chi connectivity index (χ3v) is 9.94. The molecule has 252 valence electrons. The number of nitro groups is 1. The molecule has 1 atom stereocenters. The summed E-state index contributed by atoms with van der Waals surface area (Å²) in [5.41, 5.74) is 1.21. The average Bonchev–Trinajstić information content (AvgIpc) is 3.06. The first-order valence-electron chi connectivity index (χ1n) is 14.8. The molecule has 0 aliphatic carbocycles. The fourth-order valence-electron chi connectivity index (χ4n) is 5.03. The number of hydrogen-bond acceptors (Lipinski definition) is 7. The van der Waals surface area contributed by atoms with Gasteiger partial charge in [0.25, 0.3) is 15.7 Å². The highest BCUT2D eigenvalue weighted by atomic mass is 35.5. The fraction of sp³-hybridized carbons (Fsp3) is 0.235. The number of hydrogen-bond donors (Lipinski definition) is 1. The minimum absolute atomic E-state index is 0.0921. The number of nitro benzene ring substituents is 1. The van der Waals surface area contributed by atoms with Crippen molar-refractivity contribution >= 4 is 56.4 Å². The average molecular weight is 714 g/mol. The standard InChI is InChI=1S/C34H34Cl2N4O7S/c1-4-37-34(42)32(18-24-8-6-5-7-9-24)38(21-25-11-12-26(35)19-30(25)36)33(41)22-39(27-13-15-28(47-3)16-14-27)48(45,46)29-17-10-23(2)31(20-29)40(43)44/h5-17,19-20,32H,4,18,21-22H2,1-3H3,(H,37,42)/t32-/m1/s1. The van der Waals surface area contributed by atoms with E-state index in [1.807, 2.05) is 30.3 Å². The molecule has 0 saturated heterocycles. The molecule has 0 aliphatic heterocycles. The molecule has 1 N–H and O–H groups in total. The van der Waals surface area contributed by atoms with Gasteiger partial charge in [0.15, 0.2) is 0 Å². The second-order valence-corrected chi connectivity index (χ2v) is 13.5. The molecule has 0 radical (unpaired) electrons. The van der Waals surface area contributed by atoms with Gasteiger partial charge in [0.2, 0.25) is 11.8 Å². The van der Waals surface area contributed by atoms with E-state index in [1.165, 1.54) is 61.4 Å². The quantitative estimate of drug-likeness (QED) is 0.122. The first-order valence-corrected chi connectivity index (χ1v) is 17.0. The number of nitrogens with one attached hydrogen (secondary N) is 1. The Hall–Kier alpha value is -4.65. The number of likely N-dealkylation sites (N-methyl/N-ethyl adjacent to an activating group) is 1. The van der Waals surface area contributed by atoms with Crippen molar-refractivity contribution in [2.75, 3.05) is 24.5 Å². The van der Waals surface area contributed by atoms with Crippen molar-refractivity contribution in [1.82, 2.24) is 10.2 Å². The third kappa shape index (κ3) is 8.62. The molecule has 0 saturated carbocycles. The summed E-state index contributed by atoms with van der Waals surface area (Å²) in [6, 6.07) is 22.3. The van der Waals surface area contributed by atoms with Crippen molar-refractivity contribution in [2.45, 2.75) is 37.8 Å². The summed E-state index contributed by atoms with van der Waals surface area (Å²) in [6.45, 7) is 2.61. The fourth-order valence-corrected chi connectivity index (χ4v) is 6.93. The Morgan fingerprint density at radius 3 is 2.27 bits per heavy atom. The van der Waals surface area contributed by atoms with Crippen LogP contribution in [0.15, 0.2) is 95.9 Å². The smallest absolute Gasteiger partial charge is 0.273 e. The zero-order valence-electron chi connectivity index (χ0n) is 26.4. The first kappa shape index (κ1) is 36.2. The van der Waals surface area contributed by atoms with Crippen LogP contribution in [0.3, 0.4) is 0 Å². The van der Waals surface area contributed by atoms with E-state index in [0.29, 0.717) is 16.3 Å². The number of aryl methyl sites for hydroxylation is 1. The van der Waals surface area contributed by atoms with Crippen LogP contribution >= 0.6 is 23.2 Å². The van der Waals surface area contributed by atoms with Gasteiger partial charge in [-0.2, -0.15) is 0 Å². The van der Waals surface area contributed by atoms with Crippen molar-refractivity contribution in [3.8, 4) is 5.75 Å². The molecule has 0 heterocycles. The van der Waals surface area contributed by atoms with Crippen LogP contribution in [0.5, 0.6) is 5.75 Å². The van der Waals surface area contributed by atoms with Gasteiger partial charge in [-0.1, -0.05) is 65.7 Å². The largest absolute Gasteiger partial charge is 0.497 e. The van der Waals surface area contributed by atoms with E-state index < -0.39 is 45.0 Å². The van der Waals surface area contributed by atoms with Gasteiger partial charge in [0.1, 0.15) is 18.3 Å². The zero-order valence-corrected chi connectivity index (χ0v) is 28.8. The van der Waals surface area contributed by atoms with Gasteiger partial charge >= 0.3 is 0 Å². The molecule has 4 rings (SSSR count). The summed E-state index contributed by atoms with van der Waals surface area (Å²) < 4.78 is 34.6. The van der Waals surface area contributed by atoms with Gasteiger partial charge in [-0.05, 0) is 67.4 Å². The Kier molecular flexibility index (Phi) is 12.0. The van der Waals surface area contributed by atoms with Crippen LogP contribution in [0.2, 0.25) is 10.0 Å². The van der Waals surface area contributed by atoms with Crippen LogP contribution in [0.25, 0.3) is 0 Å². The normalized spacial score (nSPS) is 11.8. The Balaban J connectivity index is 1.85. The number of carbonyl (C=O) groups excluding carboxylic acids is 2. The third-order valence-electron chi connectivity index (χ3n) is 7.58. The highest BCUT2D eigenvalue weighted by molar-refractivity contribution is 7.92. The summed E-state index contributed by atoms with van der Waals surface area (Å²) in [7, 11) is -3.13. The van der Waals surface area contributed by atoms with E-state index in [-0.39, 0.29) is 40.7 Å². The maximum Gasteiger partial charge on any atom is 0.273 e. The summed E-state index contributed by atoms with van der Waals surface area (Å²) in [6.07, 6.45) is 0.114. The number of ether oxygens (including phenoxy) is 1. The minimum Gasteiger partial charge on any atom is -0.497 e. The van der Waals surface area contributed by atoms with E-state index in [4.69, 9.17) is 27.9 Å². The molecule has 4 aromatic carbocycles. The van der Waals surface area contributed by atoms with Crippen LogP contribution in [0.1, 0.15) is 23.6 Å². The van der Waals surface area contributed by atoms with Crippen LogP contribution < -0.4 is 14.4 Å². The van der Waals surface area contributed by atoms with Crippen LogP contribution in [-0.2, 0) is 32.6 Å². The number of rotatable bonds is 14. The van der Waals surface area contributed by atoms with E-state index in [0.717, 1.165) is 15.9 Å². The summed E-state index contributed by atoms with van der Waals surface area (Å²) in [5, 5.41) is 15.1. The van der Waals surface area contributed by atoms with Crippen molar-refractivity contribution in [3.05, 3.63) is 128 Å². The summed E-state index contributed by atoms with van der Waals surface area (Å²) >= 11 is 12.7. The highest BCUT2D eigenvalue weighted by Crippen LogP contribution is 2.30. The number of nitrogens with zero attached hydrogens (tertiary/aromatic N) is 3. The Morgan fingerprint density at radius 1 is 0.979 bits per heavy atom. The van der Waals surface area contributed by atoms with Crippen molar-refractivity contribution in [2.24, 2.45) is 0 Å². The van der Waals surface area contributed by atoms with Crippen molar-refractivity contribution < 1.29 is 27.7 Å². The second kappa shape index (κ2) is 16.0. The molecule has 0 aromatic heterocycles. The number of amides is 2. The van der Waals surface area contributed by atoms with E-state index in [9.17, 15) is 28.1 Å². The van der Waals surface area contributed by atoms with E-state index >= 15 is 0 Å². The first-order chi connectivity index (χ1) is 22.8. The van der Waals surface area contributed by atoms with Gasteiger partial charge in [0.05, 0.1) is 22.6 Å². The molecule has 11 nitrogen and oxygen atoms in total. The van der Waals surface area contributed by atoms with E-state index in [1.54, 1.807) is 19.1 Å². The molecule has 14 heteroatoms. The van der Waals surface area contributed by atoms with Gasteiger partial charge in [-0.15, -0.1) is 0 Å². The lowest BCUT2D eigenvalue weighted by Gasteiger charge is -2.34. The van der Waals surface area contributed by atoms with Gasteiger partial charge in [0, 0.05) is 41.2 Å². The Bertz CT molecular complexity index is 1890. The minimum atomic E-state index is -4.58.